The fourth-order valence-corrected chi connectivity index (χ4v) is 3.72. The van der Waals surface area contributed by atoms with E-state index < -0.39 is 5.60 Å². The molecule has 0 saturated carbocycles. The van der Waals surface area contributed by atoms with Gasteiger partial charge in [0.2, 0.25) is 0 Å². The van der Waals surface area contributed by atoms with Crippen LogP contribution in [0.3, 0.4) is 0 Å². The minimum Gasteiger partial charge on any atom is -0.444 e. The zero-order valence-electron chi connectivity index (χ0n) is 19.2. The summed E-state index contributed by atoms with van der Waals surface area (Å²) < 4.78 is 7.44. The van der Waals surface area contributed by atoms with Gasteiger partial charge in [0, 0.05) is 43.1 Å². The van der Waals surface area contributed by atoms with Crippen molar-refractivity contribution in [2.24, 2.45) is 0 Å². The van der Waals surface area contributed by atoms with Crippen molar-refractivity contribution in [3.05, 3.63) is 53.9 Å². The minimum absolute atomic E-state index is 0.129. The van der Waals surface area contributed by atoms with Gasteiger partial charge in [-0.1, -0.05) is 0 Å². The maximum atomic E-state index is 12.9. The highest BCUT2D eigenvalue weighted by molar-refractivity contribution is 6.03. The van der Waals surface area contributed by atoms with E-state index >= 15 is 0 Å². The van der Waals surface area contributed by atoms with Gasteiger partial charge in [-0.3, -0.25) is 9.59 Å². The first-order valence-corrected chi connectivity index (χ1v) is 11.0. The van der Waals surface area contributed by atoms with Crippen LogP contribution in [0.2, 0.25) is 0 Å². The summed E-state index contributed by atoms with van der Waals surface area (Å²) in [4.78, 5) is 38.8. The highest BCUT2D eigenvalue weighted by Crippen LogP contribution is 2.26. The summed E-state index contributed by atoms with van der Waals surface area (Å²) in [6, 6.07) is 10.6. The lowest BCUT2D eigenvalue weighted by Gasteiger charge is -2.34. The van der Waals surface area contributed by atoms with Gasteiger partial charge >= 0.3 is 6.09 Å². The second kappa shape index (κ2) is 9.89. The molecule has 0 unspecified atom stereocenters. The van der Waals surface area contributed by atoms with Crippen molar-refractivity contribution < 1.29 is 19.1 Å². The molecule has 1 saturated heterocycles. The third kappa shape index (κ3) is 5.90. The Kier molecular flexibility index (Phi) is 7.22. The van der Waals surface area contributed by atoms with Gasteiger partial charge in [0.1, 0.15) is 11.3 Å². The number of likely N-dealkylation sites (tertiary alicyclic amines) is 1. The molecule has 32 heavy (non-hydrogen) atoms. The number of amides is 3. The number of piperidine rings is 1. The molecule has 8 nitrogen and oxygen atoms in total. The number of carbonyl (C=O) groups is 3. The normalized spacial score (nSPS) is 14.7. The summed E-state index contributed by atoms with van der Waals surface area (Å²) in [6.45, 7) is 9.16. The summed E-state index contributed by atoms with van der Waals surface area (Å²) in [5.41, 5.74) is 1.21. The number of hydrogen-bond acceptors (Lipinski definition) is 4. The standard InChI is InChI=1S/C24H32N4O4/c1-5-25-21(29)17-8-10-18(11-9-17)26-22(30)20-7-6-14-28(20)19-12-15-27(16-13-19)23(31)32-24(2,3)4/h6-11,14,19H,5,12-13,15-16H2,1-4H3,(H,25,29)(H,26,30). The number of anilines is 1. The van der Waals surface area contributed by atoms with Crippen molar-refractivity contribution in [1.29, 1.82) is 0 Å². The molecule has 3 amide bonds. The van der Waals surface area contributed by atoms with Crippen LogP contribution in [0, 0.1) is 0 Å². The maximum Gasteiger partial charge on any atom is 0.410 e. The largest absolute Gasteiger partial charge is 0.444 e. The molecule has 0 bridgehead atoms. The van der Waals surface area contributed by atoms with E-state index in [0.29, 0.717) is 36.6 Å². The number of rotatable bonds is 5. The number of carbonyl (C=O) groups excluding carboxylic acids is 3. The van der Waals surface area contributed by atoms with Crippen LogP contribution in [0.15, 0.2) is 42.6 Å². The Balaban J connectivity index is 1.60. The maximum absolute atomic E-state index is 12.9. The first kappa shape index (κ1) is 23.4. The molecular formula is C24H32N4O4. The zero-order chi connectivity index (χ0) is 23.3. The van der Waals surface area contributed by atoms with E-state index in [-0.39, 0.29) is 23.9 Å². The van der Waals surface area contributed by atoms with E-state index in [9.17, 15) is 14.4 Å². The minimum atomic E-state index is -0.516. The summed E-state index contributed by atoms with van der Waals surface area (Å²) in [7, 11) is 0. The lowest BCUT2D eigenvalue weighted by Crippen LogP contribution is -2.42. The quantitative estimate of drug-likeness (QED) is 0.733. The molecule has 1 aliphatic heterocycles. The summed E-state index contributed by atoms with van der Waals surface area (Å²) in [5, 5.41) is 5.65. The van der Waals surface area contributed by atoms with Crippen molar-refractivity contribution in [3.8, 4) is 0 Å². The molecule has 8 heteroatoms. The van der Waals surface area contributed by atoms with E-state index in [2.05, 4.69) is 10.6 Å². The average molecular weight is 441 g/mol. The van der Waals surface area contributed by atoms with Crippen LogP contribution in [0.5, 0.6) is 0 Å². The highest BCUT2D eigenvalue weighted by Gasteiger charge is 2.28. The van der Waals surface area contributed by atoms with Gasteiger partial charge in [0.15, 0.2) is 0 Å². The fourth-order valence-electron chi connectivity index (χ4n) is 3.72. The van der Waals surface area contributed by atoms with E-state index in [1.807, 2.05) is 44.5 Å². The smallest absolute Gasteiger partial charge is 0.410 e. The lowest BCUT2D eigenvalue weighted by molar-refractivity contribution is 0.0187. The van der Waals surface area contributed by atoms with E-state index in [0.717, 1.165) is 12.8 Å². The third-order valence-electron chi connectivity index (χ3n) is 5.26. The van der Waals surface area contributed by atoms with Crippen LogP contribution in [0.4, 0.5) is 10.5 Å². The molecule has 0 spiro atoms. The van der Waals surface area contributed by atoms with Gasteiger partial charge in [0.25, 0.3) is 11.8 Å². The van der Waals surface area contributed by atoms with Crippen LogP contribution in [-0.2, 0) is 4.74 Å². The van der Waals surface area contributed by atoms with Crippen molar-refractivity contribution in [3.63, 3.8) is 0 Å². The van der Waals surface area contributed by atoms with Crippen molar-refractivity contribution in [1.82, 2.24) is 14.8 Å². The monoisotopic (exact) mass is 440 g/mol. The fraction of sp³-hybridized carbons (Fsp3) is 0.458. The molecule has 2 aromatic rings. The molecule has 172 valence electrons. The Morgan fingerprint density at radius 1 is 1.03 bits per heavy atom. The summed E-state index contributed by atoms with van der Waals surface area (Å²) >= 11 is 0. The number of benzene rings is 1. The van der Waals surface area contributed by atoms with Gasteiger partial charge in [-0.15, -0.1) is 0 Å². The average Bonchev–Trinajstić information content (AvgIpc) is 3.23. The molecule has 1 aliphatic rings. The Labute approximate surface area is 188 Å². The number of ether oxygens (including phenoxy) is 1. The Morgan fingerprint density at radius 2 is 1.69 bits per heavy atom. The second-order valence-corrected chi connectivity index (χ2v) is 8.89. The Hall–Kier alpha value is -3.29. The molecule has 1 aromatic carbocycles. The van der Waals surface area contributed by atoms with Crippen LogP contribution < -0.4 is 10.6 Å². The third-order valence-corrected chi connectivity index (χ3v) is 5.26. The van der Waals surface area contributed by atoms with Crippen LogP contribution in [-0.4, -0.2) is 52.6 Å². The van der Waals surface area contributed by atoms with Gasteiger partial charge in [0.05, 0.1) is 0 Å². The first-order valence-electron chi connectivity index (χ1n) is 11.0. The molecule has 1 fully saturated rings. The summed E-state index contributed by atoms with van der Waals surface area (Å²) in [6.07, 6.45) is 3.10. The van der Waals surface area contributed by atoms with Crippen LogP contribution >= 0.6 is 0 Å². The van der Waals surface area contributed by atoms with Gasteiger partial charge in [-0.05, 0) is 76.9 Å². The van der Waals surface area contributed by atoms with Crippen molar-refractivity contribution in [2.75, 3.05) is 25.0 Å². The van der Waals surface area contributed by atoms with E-state index in [1.165, 1.54) is 0 Å². The molecule has 0 aliphatic carbocycles. The number of nitrogens with one attached hydrogen (secondary N) is 2. The van der Waals surface area contributed by atoms with Gasteiger partial charge in [-0.2, -0.15) is 0 Å². The van der Waals surface area contributed by atoms with Gasteiger partial charge in [-0.25, -0.2) is 4.79 Å². The molecule has 1 aromatic heterocycles. The molecule has 0 atom stereocenters. The SMILES string of the molecule is CCNC(=O)c1ccc(NC(=O)c2cccn2C2CCN(C(=O)OC(C)(C)C)CC2)cc1. The first-order chi connectivity index (χ1) is 15.2. The number of aromatic nitrogens is 1. The number of hydrogen-bond donors (Lipinski definition) is 2. The lowest BCUT2D eigenvalue weighted by atomic mass is 10.0. The molecule has 2 heterocycles. The molecule has 0 radical (unpaired) electrons. The Bertz CT molecular complexity index is 951. The summed E-state index contributed by atoms with van der Waals surface area (Å²) in [5.74, 6) is -0.354. The van der Waals surface area contributed by atoms with Gasteiger partial charge < -0.3 is 24.8 Å². The number of nitrogens with zero attached hydrogens (tertiary/aromatic N) is 2. The second-order valence-electron chi connectivity index (χ2n) is 8.89. The van der Waals surface area contributed by atoms with Crippen molar-refractivity contribution >= 4 is 23.6 Å². The van der Waals surface area contributed by atoms with E-state index in [1.54, 1.807) is 35.2 Å². The molecule has 3 rings (SSSR count). The van der Waals surface area contributed by atoms with Crippen molar-refractivity contribution in [2.45, 2.75) is 52.2 Å². The van der Waals surface area contributed by atoms with Crippen LogP contribution in [0.1, 0.15) is 67.4 Å². The molecular weight excluding hydrogens is 408 g/mol. The Morgan fingerprint density at radius 3 is 2.28 bits per heavy atom. The predicted octanol–water partition coefficient (Wildman–Crippen LogP) is 4.06. The zero-order valence-corrected chi connectivity index (χ0v) is 19.2. The van der Waals surface area contributed by atoms with E-state index in [4.69, 9.17) is 4.74 Å². The molecule has 2 N–H and O–H groups in total. The van der Waals surface area contributed by atoms with Crippen LogP contribution in [0.25, 0.3) is 0 Å². The predicted molar refractivity (Wildman–Crippen MR) is 123 cm³/mol. The topological polar surface area (TPSA) is 92.7 Å². The highest BCUT2D eigenvalue weighted by atomic mass is 16.6.